The Kier molecular flexibility index (Phi) is 5.87. The molecule has 0 spiro atoms. The molecule has 0 radical (unpaired) electrons. The number of fused-ring (bicyclic) bond motifs is 1. The van der Waals surface area contributed by atoms with Crippen LogP contribution in [0.1, 0.15) is 38.9 Å². The second-order valence-corrected chi connectivity index (χ2v) is 7.10. The maximum absolute atomic E-state index is 11.6. The quantitative estimate of drug-likeness (QED) is 0.623. The normalized spacial score (nSPS) is 14.1. The van der Waals surface area contributed by atoms with Gasteiger partial charge in [-0.3, -0.25) is 0 Å². The van der Waals surface area contributed by atoms with E-state index >= 15 is 0 Å². The Hall–Kier alpha value is -2.31. The Morgan fingerprint density at radius 3 is 2.48 bits per heavy atom. The van der Waals surface area contributed by atoms with Crippen LogP contribution in [0.15, 0.2) is 36.4 Å². The SMILES string of the molecule is CC(C)(C)OC(=O)NCCC(O)C(O)c1ccc2cc(N)ccc2c1. The Bertz CT molecular complexity index is 740. The molecule has 1 amide bonds. The van der Waals surface area contributed by atoms with Gasteiger partial charge in [-0.15, -0.1) is 0 Å². The molecule has 6 nitrogen and oxygen atoms in total. The minimum absolute atomic E-state index is 0.206. The molecule has 2 aromatic carbocycles. The van der Waals surface area contributed by atoms with Gasteiger partial charge in [0.05, 0.1) is 6.10 Å². The molecule has 0 bridgehead atoms. The summed E-state index contributed by atoms with van der Waals surface area (Å²) in [6.07, 6.45) is -2.37. The molecule has 0 aliphatic rings. The predicted molar refractivity (Wildman–Crippen MR) is 98.2 cm³/mol. The summed E-state index contributed by atoms with van der Waals surface area (Å²) >= 11 is 0. The van der Waals surface area contributed by atoms with Gasteiger partial charge in [0.25, 0.3) is 0 Å². The summed E-state index contributed by atoms with van der Waals surface area (Å²) in [5.74, 6) is 0. The number of aliphatic hydroxyl groups is 2. The van der Waals surface area contributed by atoms with E-state index < -0.39 is 23.9 Å². The number of anilines is 1. The molecule has 0 saturated heterocycles. The Morgan fingerprint density at radius 1 is 1.16 bits per heavy atom. The summed E-state index contributed by atoms with van der Waals surface area (Å²) in [6, 6.07) is 11.0. The molecule has 6 heteroatoms. The minimum Gasteiger partial charge on any atom is -0.444 e. The smallest absolute Gasteiger partial charge is 0.407 e. The number of nitrogens with one attached hydrogen (secondary N) is 1. The first kappa shape index (κ1) is 19.0. The number of carbonyl (C=O) groups excluding carboxylic acids is 1. The van der Waals surface area contributed by atoms with E-state index in [2.05, 4.69) is 5.32 Å². The lowest BCUT2D eigenvalue weighted by Crippen LogP contribution is -2.34. The van der Waals surface area contributed by atoms with E-state index in [1.54, 1.807) is 32.9 Å². The van der Waals surface area contributed by atoms with Crippen molar-refractivity contribution in [2.24, 2.45) is 0 Å². The van der Waals surface area contributed by atoms with Crippen molar-refractivity contribution in [1.82, 2.24) is 5.32 Å². The van der Waals surface area contributed by atoms with Crippen molar-refractivity contribution in [3.63, 3.8) is 0 Å². The third-order valence-corrected chi connectivity index (χ3v) is 3.70. The highest BCUT2D eigenvalue weighted by molar-refractivity contribution is 5.86. The number of aliphatic hydroxyl groups excluding tert-OH is 2. The third-order valence-electron chi connectivity index (χ3n) is 3.70. The second-order valence-electron chi connectivity index (χ2n) is 7.10. The molecule has 2 rings (SSSR count). The van der Waals surface area contributed by atoms with Gasteiger partial charge in [0.2, 0.25) is 0 Å². The summed E-state index contributed by atoms with van der Waals surface area (Å²) in [5.41, 5.74) is 6.47. The number of amides is 1. The van der Waals surface area contributed by atoms with E-state index in [0.29, 0.717) is 11.3 Å². The lowest BCUT2D eigenvalue weighted by molar-refractivity contribution is 0.0124. The monoisotopic (exact) mass is 346 g/mol. The van der Waals surface area contributed by atoms with Gasteiger partial charge in [0.15, 0.2) is 0 Å². The lowest BCUT2D eigenvalue weighted by atomic mass is 9.98. The van der Waals surface area contributed by atoms with E-state index in [4.69, 9.17) is 10.5 Å². The molecule has 0 heterocycles. The first-order chi connectivity index (χ1) is 11.7. The van der Waals surface area contributed by atoms with Gasteiger partial charge in [-0.1, -0.05) is 18.2 Å². The minimum atomic E-state index is -1.04. The van der Waals surface area contributed by atoms with Crippen molar-refractivity contribution < 1.29 is 19.7 Å². The standard InChI is InChI=1S/C19H26N2O4/c1-19(2,3)25-18(24)21-9-8-16(22)17(23)14-5-4-13-11-15(20)7-6-12(13)10-14/h4-7,10-11,16-17,22-23H,8-9,20H2,1-3H3,(H,21,24). The number of nitrogen functional groups attached to an aromatic ring is 1. The number of alkyl carbamates (subject to hydrolysis) is 1. The van der Waals surface area contributed by atoms with Crippen LogP contribution in [0.5, 0.6) is 0 Å². The van der Waals surface area contributed by atoms with Crippen molar-refractivity contribution in [3.05, 3.63) is 42.0 Å². The van der Waals surface area contributed by atoms with Gasteiger partial charge in [-0.05, 0) is 61.7 Å². The van der Waals surface area contributed by atoms with Crippen LogP contribution < -0.4 is 11.1 Å². The van der Waals surface area contributed by atoms with Gasteiger partial charge in [-0.25, -0.2) is 4.79 Å². The van der Waals surface area contributed by atoms with Crippen molar-refractivity contribution in [1.29, 1.82) is 0 Å². The summed E-state index contributed by atoms with van der Waals surface area (Å²) in [6.45, 7) is 5.53. The van der Waals surface area contributed by atoms with Gasteiger partial charge in [0, 0.05) is 12.2 Å². The van der Waals surface area contributed by atoms with Gasteiger partial charge >= 0.3 is 6.09 Å². The van der Waals surface area contributed by atoms with Crippen LogP contribution in [0.4, 0.5) is 10.5 Å². The highest BCUT2D eigenvalue weighted by Crippen LogP contribution is 2.25. The van der Waals surface area contributed by atoms with Crippen LogP contribution in [0, 0.1) is 0 Å². The number of hydrogen-bond acceptors (Lipinski definition) is 5. The average molecular weight is 346 g/mol. The number of nitrogens with two attached hydrogens (primary N) is 1. The summed E-state index contributed by atoms with van der Waals surface area (Å²) in [4.78, 5) is 11.6. The third kappa shape index (κ3) is 5.62. The van der Waals surface area contributed by atoms with E-state index in [-0.39, 0.29) is 13.0 Å². The molecule has 2 atom stereocenters. The fraction of sp³-hybridized carbons (Fsp3) is 0.421. The zero-order valence-electron chi connectivity index (χ0n) is 14.8. The number of hydrogen-bond donors (Lipinski definition) is 4. The van der Waals surface area contributed by atoms with Crippen molar-refractivity contribution in [3.8, 4) is 0 Å². The number of carbonyl (C=O) groups is 1. The molecule has 0 aliphatic heterocycles. The Morgan fingerprint density at radius 2 is 1.80 bits per heavy atom. The van der Waals surface area contributed by atoms with Gasteiger partial charge < -0.3 is 26.0 Å². The van der Waals surface area contributed by atoms with Gasteiger partial charge in [-0.2, -0.15) is 0 Å². The van der Waals surface area contributed by atoms with Crippen molar-refractivity contribution >= 4 is 22.6 Å². The van der Waals surface area contributed by atoms with Crippen LogP contribution >= 0.6 is 0 Å². The molecular formula is C19H26N2O4. The summed E-state index contributed by atoms with van der Waals surface area (Å²) < 4.78 is 5.12. The largest absolute Gasteiger partial charge is 0.444 e. The average Bonchev–Trinajstić information content (AvgIpc) is 2.51. The molecule has 0 aliphatic carbocycles. The Balaban J connectivity index is 1.92. The highest BCUT2D eigenvalue weighted by Gasteiger charge is 2.20. The number of rotatable bonds is 5. The maximum Gasteiger partial charge on any atom is 0.407 e. The number of ether oxygens (including phenoxy) is 1. The van der Waals surface area contributed by atoms with Crippen LogP contribution in [0.25, 0.3) is 10.8 Å². The van der Waals surface area contributed by atoms with Crippen LogP contribution in [-0.4, -0.2) is 34.6 Å². The Labute approximate surface area is 147 Å². The zero-order valence-corrected chi connectivity index (χ0v) is 14.8. The van der Waals surface area contributed by atoms with Crippen LogP contribution in [0.2, 0.25) is 0 Å². The van der Waals surface area contributed by atoms with E-state index in [9.17, 15) is 15.0 Å². The van der Waals surface area contributed by atoms with E-state index in [1.165, 1.54) is 0 Å². The van der Waals surface area contributed by atoms with E-state index in [1.807, 2.05) is 24.3 Å². The number of benzene rings is 2. The fourth-order valence-corrected chi connectivity index (χ4v) is 2.48. The summed E-state index contributed by atoms with van der Waals surface area (Å²) in [5, 5.41) is 25.0. The molecule has 5 N–H and O–H groups in total. The first-order valence-electron chi connectivity index (χ1n) is 8.28. The molecule has 2 unspecified atom stereocenters. The zero-order chi connectivity index (χ0) is 18.6. The van der Waals surface area contributed by atoms with Crippen LogP contribution in [0.3, 0.4) is 0 Å². The fourth-order valence-electron chi connectivity index (χ4n) is 2.48. The maximum atomic E-state index is 11.6. The molecule has 0 aromatic heterocycles. The predicted octanol–water partition coefficient (Wildman–Crippen LogP) is 2.73. The molecule has 0 fully saturated rings. The second kappa shape index (κ2) is 7.72. The molecular weight excluding hydrogens is 320 g/mol. The topological polar surface area (TPSA) is 105 Å². The van der Waals surface area contributed by atoms with E-state index in [0.717, 1.165) is 10.8 Å². The highest BCUT2D eigenvalue weighted by atomic mass is 16.6. The molecule has 0 saturated carbocycles. The molecule has 136 valence electrons. The lowest BCUT2D eigenvalue weighted by Gasteiger charge is -2.21. The summed E-state index contributed by atoms with van der Waals surface area (Å²) in [7, 11) is 0. The van der Waals surface area contributed by atoms with Gasteiger partial charge in [0.1, 0.15) is 11.7 Å². The molecule has 2 aromatic rings. The van der Waals surface area contributed by atoms with Crippen molar-refractivity contribution in [2.45, 2.75) is 45.0 Å². The molecule has 25 heavy (non-hydrogen) atoms. The van der Waals surface area contributed by atoms with Crippen molar-refractivity contribution in [2.75, 3.05) is 12.3 Å². The first-order valence-corrected chi connectivity index (χ1v) is 8.28. The van der Waals surface area contributed by atoms with Crippen LogP contribution in [-0.2, 0) is 4.74 Å².